The van der Waals surface area contributed by atoms with Crippen LogP contribution in [0, 0.1) is 20.8 Å². The van der Waals surface area contributed by atoms with Crippen LogP contribution in [0.15, 0.2) is 331 Å². The second-order valence-corrected chi connectivity index (χ2v) is 35.2. The molecule has 0 bridgehead atoms. The highest BCUT2D eigenvalue weighted by molar-refractivity contribution is 9.11. The number of aromatic amines is 1. The van der Waals surface area contributed by atoms with E-state index in [9.17, 15) is 4.79 Å². The van der Waals surface area contributed by atoms with Crippen LogP contribution in [0.2, 0.25) is 0 Å². The molecule has 23 rings (SSSR count). The summed E-state index contributed by atoms with van der Waals surface area (Å²) in [6.07, 6.45) is 5.23. The van der Waals surface area contributed by atoms with E-state index in [1.807, 2.05) is 285 Å². The van der Waals surface area contributed by atoms with Crippen LogP contribution in [0.25, 0.3) is 98.9 Å². The first-order chi connectivity index (χ1) is 68.7. The fourth-order valence-electron chi connectivity index (χ4n) is 14.7. The number of pyridine rings is 3. The van der Waals surface area contributed by atoms with Crippen LogP contribution in [0.1, 0.15) is 74.2 Å². The zero-order valence-corrected chi connectivity index (χ0v) is 82.5. The van der Waals surface area contributed by atoms with E-state index in [0.29, 0.717) is 95.1 Å². The predicted molar refractivity (Wildman–Crippen MR) is 555 cm³/mol. The molecule has 33 nitrogen and oxygen atoms in total. The molecule has 0 aliphatic heterocycles. The highest BCUT2D eigenvalue weighted by atomic mass is 79.9. The lowest BCUT2D eigenvalue weighted by atomic mass is 10.2. The SMILES string of the molecule is C.COC(=O)c1noc2cc(Br)ccc12.COc1ccc(Cn2nc(N)c3ncccc32)cc1.COc1ccc(Cn2nc(Nc3ccc4c(COc5cccc(C)c5)noc4c3)c3ncccc32)cc1.Cc1cccc(OCc2noc3cc(Br)ccc23)c1.Cc1cccc(OCc2noc3cc(Nc4n[nH]c5cccnc45)ccc23)c1.OCc1noc2cc(Br)ccc12.OCc1noc2cc(Br)ccc12. The number of fused-ring (bicyclic) bond motifs is 9. The second-order valence-electron chi connectivity index (χ2n) is 31.5. The Morgan fingerprint density at radius 2 is 0.754 bits per heavy atom. The zero-order chi connectivity index (χ0) is 97.8. The Balaban J connectivity index is 0.000000124. The lowest BCUT2D eigenvalue weighted by Crippen LogP contribution is -2.02. The summed E-state index contributed by atoms with van der Waals surface area (Å²) in [5.74, 6) is 5.43. The van der Waals surface area contributed by atoms with Crippen LogP contribution in [0.4, 0.5) is 28.8 Å². The maximum absolute atomic E-state index is 11.2. The van der Waals surface area contributed by atoms with Crippen LogP contribution in [0.5, 0.6) is 28.7 Å². The summed E-state index contributed by atoms with van der Waals surface area (Å²) in [5.41, 5.74) is 26.1. The summed E-state index contributed by atoms with van der Waals surface area (Å²) in [5, 5.41) is 69.5. The van der Waals surface area contributed by atoms with Crippen molar-refractivity contribution in [1.82, 2.24) is 75.7 Å². The molecular weight excluding hydrogens is 2070 g/mol. The van der Waals surface area contributed by atoms with Crippen LogP contribution in [-0.2, 0) is 50.9 Å². The van der Waals surface area contributed by atoms with Gasteiger partial charge in [0.1, 0.15) is 93.6 Å². The number of nitrogens with one attached hydrogen (secondary N) is 3. The fourth-order valence-corrected chi connectivity index (χ4v) is 16.0. The van der Waals surface area contributed by atoms with Crippen LogP contribution >= 0.6 is 63.7 Å². The third-order valence-corrected chi connectivity index (χ3v) is 23.7. The topological polar surface area (TPSA) is 422 Å². The number of nitrogens with zero attached hydrogens (tertiary/aromatic N) is 14. The van der Waals surface area contributed by atoms with E-state index < -0.39 is 5.97 Å². The minimum absolute atomic E-state index is 0. The molecule has 12 aromatic heterocycles. The molecular formula is C105H90Br4N18O15. The van der Waals surface area contributed by atoms with Crippen molar-refractivity contribution in [3.05, 3.63) is 365 Å². The summed E-state index contributed by atoms with van der Waals surface area (Å²) in [6, 6.07) is 85.2. The number of methoxy groups -OCH3 is 3. The molecule has 0 saturated heterocycles. The van der Waals surface area contributed by atoms with Crippen LogP contribution in [-0.4, -0.2) is 113 Å². The fraction of sp³-hybridized carbons (Fsp3) is 0.133. The van der Waals surface area contributed by atoms with Gasteiger partial charge in [0.15, 0.2) is 56.6 Å². The number of aliphatic hydroxyl groups is 2. The molecule has 0 aliphatic carbocycles. The van der Waals surface area contributed by atoms with Crippen LogP contribution < -0.4 is 40.1 Å². The van der Waals surface area contributed by atoms with Gasteiger partial charge in [-0.2, -0.15) is 15.3 Å². The van der Waals surface area contributed by atoms with E-state index in [1.54, 1.807) is 44.9 Å². The van der Waals surface area contributed by atoms with Gasteiger partial charge in [0.2, 0.25) is 0 Å². The van der Waals surface area contributed by atoms with Gasteiger partial charge < -0.3 is 82.1 Å². The normalized spacial score (nSPS) is 10.9. The third-order valence-electron chi connectivity index (χ3n) is 21.7. The van der Waals surface area contributed by atoms with E-state index >= 15 is 0 Å². The Kier molecular flexibility index (Phi) is 32.4. The molecule has 142 heavy (non-hydrogen) atoms. The van der Waals surface area contributed by atoms with Crippen molar-refractivity contribution in [1.29, 1.82) is 0 Å². The van der Waals surface area contributed by atoms with Crippen molar-refractivity contribution in [2.75, 3.05) is 37.7 Å². The summed E-state index contributed by atoms with van der Waals surface area (Å²) >= 11 is 13.3. The standard InChI is InChI=1S/C29H25N5O3.C21H17N5O2.C15H12BrNO2.C14H14N4O.C9H6BrNO3.2C8H6BrNO2.CH4/c1-19-5-3-6-23(15-19)36-18-25-24-13-10-21(16-27(24)37-33-25)31-29-28-26(7-4-14-30-28)34(32-29)17-20-8-11-22(35-2)12-9-20;1-13-4-2-5-15(10-13)27-12-18-16-8-7-14(11-19(16)28-26-18)23-21-20-17(24-25-21)6-3-9-22-20;1-10-3-2-4-12(7-10)18-9-14-13-6-5-11(16)8-15(13)19-17-14;1-19-11-6-4-10(5-7-11)9-18-12-3-2-8-16-13(12)14(15)17-18;1-13-9(12)8-6-3-2-5(10)4-7(6)14-11-8;2*9-5-1-2-6-7(4-11)10-12-8(6)3-5;/h3-16H,17-18H2,1-2H3,(H,31,32);2-11H,12H2,1H3,(H2,23,24,25);2-8H,9H2,1H3;2-8H,9H2,1H3,(H2,15,17);2-4H,1H3;2*1-3,11H,4H2;1H4. The zero-order valence-electron chi connectivity index (χ0n) is 76.1. The second kappa shape index (κ2) is 46.5. The Hall–Kier alpha value is -16.2. The largest absolute Gasteiger partial charge is 0.497 e. The third kappa shape index (κ3) is 24.4. The van der Waals surface area contributed by atoms with Crippen molar-refractivity contribution in [2.24, 2.45) is 0 Å². The van der Waals surface area contributed by atoms with Gasteiger partial charge in [-0.05, 0) is 243 Å². The molecule has 7 N–H and O–H groups in total. The van der Waals surface area contributed by atoms with Crippen LogP contribution in [0.3, 0.4) is 0 Å². The lowest BCUT2D eigenvalue weighted by Gasteiger charge is -2.06. The average molecular weight is 2160 g/mol. The molecule has 11 aromatic carbocycles. The van der Waals surface area contributed by atoms with Crippen molar-refractivity contribution in [3.8, 4) is 28.7 Å². The van der Waals surface area contributed by atoms with Gasteiger partial charge >= 0.3 is 5.97 Å². The number of hydrogen-bond donors (Lipinski definition) is 6. The Morgan fingerprint density at radius 1 is 0.387 bits per heavy atom. The van der Waals surface area contributed by atoms with E-state index in [-0.39, 0.29) is 26.3 Å². The predicted octanol–water partition coefficient (Wildman–Crippen LogP) is 24.7. The monoisotopic (exact) mass is 2160 g/mol. The van der Waals surface area contributed by atoms with E-state index in [4.69, 9.17) is 71.9 Å². The number of halogens is 4. The quantitative estimate of drug-likeness (QED) is 0.0343. The highest BCUT2D eigenvalue weighted by Crippen LogP contribution is 2.35. The molecule has 0 saturated carbocycles. The number of aromatic nitrogens is 15. The number of ether oxygens (including phenoxy) is 6. The van der Waals surface area contributed by atoms with E-state index in [2.05, 4.69) is 140 Å². The number of aryl methyl sites for hydroxylation is 3. The molecule has 0 spiro atoms. The number of hydrogen-bond acceptors (Lipinski definition) is 30. The minimum atomic E-state index is -0.494. The number of carbonyl (C=O) groups is 1. The first kappa shape index (κ1) is 98.8. The molecule has 0 amide bonds. The van der Waals surface area contributed by atoms with Gasteiger partial charge in [0, 0.05) is 86.9 Å². The molecule has 23 aromatic rings. The van der Waals surface area contributed by atoms with Gasteiger partial charge in [-0.1, -0.05) is 163 Å². The van der Waals surface area contributed by atoms with Crippen molar-refractivity contribution in [3.63, 3.8) is 0 Å². The van der Waals surface area contributed by atoms with Gasteiger partial charge in [0.25, 0.3) is 0 Å². The molecule has 0 aliphatic rings. The lowest BCUT2D eigenvalue weighted by molar-refractivity contribution is 0.0591. The first-order valence-electron chi connectivity index (χ1n) is 43.6. The summed E-state index contributed by atoms with van der Waals surface area (Å²) in [7, 11) is 4.62. The smallest absolute Gasteiger partial charge is 0.360 e. The molecule has 37 heteroatoms. The Bertz CT molecular complexity index is 8180. The number of esters is 1. The number of H-pyrrole nitrogens is 1. The Morgan fingerprint density at radius 3 is 1.18 bits per heavy atom. The number of benzene rings is 11. The number of aliphatic hydroxyl groups excluding tert-OH is 2. The molecule has 718 valence electrons. The van der Waals surface area contributed by atoms with Crippen molar-refractivity contribution >= 4 is 197 Å². The summed E-state index contributed by atoms with van der Waals surface area (Å²) in [6.45, 7) is 8.27. The maximum atomic E-state index is 11.2. The summed E-state index contributed by atoms with van der Waals surface area (Å²) < 4.78 is 71.3. The highest BCUT2D eigenvalue weighted by Gasteiger charge is 2.21. The van der Waals surface area contributed by atoms with Crippen molar-refractivity contribution in [2.45, 2.75) is 74.3 Å². The van der Waals surface area contributed by atoms with Gasteiger partial charge in [-0.3, -0.25) is 29.4 Å². The first-order valence-corrected chi connectivity index (χ1v) is 46.7. The Labute approximate surface area is 843 Å². The molecule has 0 fully saturated rings. The van der Waals surface area contributed by atoms with Gasteiger partial charge in [-0.15, -0.1) is 0 Å². The molecule has 12 heterocycles. The minimum Gasteiger partial charge on any atom is -0.497 e. The van der Waals surface area contributed by atoms with Gasteiger partial charge in [-0.25, -0.2) is 4.79 Å². The van der Waals surface area contributed by atoms with E-state index in [1.165, 1.54) is 12.7 Å². The molecule has 0 radical (unpaired) electrons. The van der Waals surface area contributed by atoms with Crippen molar-refractivity contribution < 1.29 is 70.6 Å². The molecule has 0 atom stereocenters. The number of rotatable bonds is 22. The number of carbonyl (C=O) groups excluding carboxylic acids is 1. The number of anilines is 5. The van der Waals surface area contributed by atoms with E-state index in [0.717, 1.165) is 163 Å². The van der Waals surface area contributed by atoms with Gasteiger partial charge in [0.05, 0.1) is 69.6 Å². The maximum Gasteiger partial charge on any atom is 0.360 e. The molecule has 0 unspecified atom stereocenters. The average Bonchev–Trinajstić information content (AvgIpc) is 1.63. The summed E-state index contributed by atoms with van der Waals surface area (Å²) in [4.78, 5) is 24.4. The number of nitrogen functional groups attached to an aromatic ring is 1. The number of nitrogens with two attached hydrogens (primary N) is 1.